The molecule has 2 aromatic carbocycles. The molecule has 35 heavy (non-hydrogen) atoms. The summed E-state index contributed by atoms with van der Waals surface area (Å²) in [6.07, 6.45) is 1.89. The fourth-order valence-corrected chi connectivity index (χ4v) is 5.37. The number of rotatable bonds is 8. The highest BCUT2D eigenvalue weighted by atomic mass is 16.5. The van der Waals surface area contributed by atoms with Gasteiger partial charge in [-0.05, 0) is 47.4 Å². The van der Waals surface area contributed by atoms with Crippen LogP contribution in [0.2, 0.25) is 0 Å². The molecule has 0 aromatic heterocycles. The van der Waals surface area contributed by atoms with Crippen LogP contribution in [0.25, 0.3) is 11.1 Å². The molecule has 1 heterocycles. The number of carbonyl (C=O) groups is 3. The van der Waals surface area contributed by atoms with Crippen molar-refractivity contribution in [2.45, 2.75) is 51.5 Å². The normalized spacial score (nSPS) is 18.0. The lowest BCUT2D eigenvalue weighted by Crippen LogP contribution is -2.50. The van der Waals surface area contributed by atoms with Crippen molar-refractivity contribution >= 4 is 18.0 Å². The van der Waals surface area contributed by atoms with E-state index in [1.165, 1.54) is 11.1 Å². The lowest BCUT2D eigenvalue weighted by molar-refractivity contribution is -0.144. The van der Waals surface area contributed by atoms with Gasteiger partial charge in [0.1, 0.15) is 6.61 Å². The molecule has 2 N–H and O–H groups in total. The number of nitrogens with one attached hydrogen (secondary N) is 1. The maximum Gasteiger partial charge on any atom is 0.407 e. The Hall–Kier alpha value is -3.35. The summed E-state index contributed by atoms with van der Waals surface area (Å²) in [6, 6.07) is 16.0. The summed E-state index contributed by atoms with van der Waals surface area (Å²) in [6.45, 7) is 4.82. The second-order valence-corrected chi connectivity index (χ2v) is 9.84. The van der Waals surface area contributed by atoms with Crippen LogP contribution in [0.15, 0.2) is 48.5 Å². The Kier molecular flexibility index (Phi) is 7.73. The molecule has 2 amide bonds. The van der Waals surface area contributed by atoms with Gasteiger partial charge in [0.15, 0.2) is 0 Å². The molecule has 0 radical (unpaired) electrons. The second kappa shape index (κ2) is 10.9. The van der Waals surface area contributed by atoms with Gasteiger partial charge in [-0.3, -0.25) is 9.59 Å². The number of carboxylic acids is 1. The van der Waals surface area contributed by atoms with Crippen LogP contribution in [-0.4, -0.2) is 53.7 Å². The number of hydrogen-bond donors (Lipinski definition) is 2. The average molecular weight is 479 g/mol. The minimum atomic E-state index is -0.896. The highest BCUT2D eigenvalue weighted by Gasteiger charge is 2.34. The van der Waals surface area contributed by atoms with Crippen molar-refractivity contribution in [2.24, 2.45) is 11.8 Å². The van der Waals surface area contributed by atoms with E-state index in [4.69, 9.17) is 4.74 Å². The molecule has 0 spiro atoms. The van der Waals surface area contributed by atoms with Gasteiger partial charge in [-0.15, -0.1) is 0 Å². The van der Waals surface area contributed by atoms with Gasteiger partial charge in [0.25, 0.3) is 0 Å². The van der Waals surface area contributed by atoms with Crippen molar-refractivity contribution in [3.63, 3.8) is 0 Å². The molecule has 1 aliphatic carbocycles. The molecule has 7 nitrogen and oxygen atoms in total. The largest absolute Gasteiger partial charge is 0.481 e. The first-order valence-electron chi connectivity index (χ1n) is 12.5. The minimum Gasteiger partial charge on any atom is -0.481 e. The summed E-state index contributed by atoms with van der Waals surface area (Å²) in [5.41, 5.74) is 4.62. The predicted molar refractivity (Wildman–Crippen MR) is 133 cm³/mol. The molecule has 2 aliphatic rings. The lowest BCUT2D eigenvalue weighted by Gasteiger charge is -2.38. The smallest absolute Gasteiger partial charge is 0.407 e. The van der Waals surface area contributed by atoms with E-state index in [0.29, 0.717) is 13.0 Å². The molecule has 7 heteroatoms. The van der Waals surface area contributed by atoms with Crippen LogP contribution in [0.5, 0.6) is 0 Å². The summed E-state index contributed by atoms with van der Waals surface area (Å²) < 4.78 is 5.62. The molecule has 1 saturated heterocycles. The number of carbonyl (C=O) groups excluding carboxylic acids is 2. The number of fused-ring (bicyclic) bond motifs is 3. The molecular formula is C28H34N2O5. The van der Waals surface area contributed by atoms with Gasteiger partial charge in [-0.2, -0.15) is 0 Å². The first-order chi connectivity index (χ1) is 16.9. The molecule has 0 bridgehead atoms. The van der Waals surface area contributed by atoms with Crippen molar-refractivity contribution in [3.8, 4) is 11.1 Å². The van der Waals surface area contributed by atoms with Crippen molar-refractivity contribution < 1.29 is 24.2 Å². The van der Waals surface area contributed by atoms with Crippen molar-refractivity contribution in [2.75, 3.05) is 19.7 Å². The molecule has 1 unspecified atom stereocenters. The average Bonchev–Trinajstić information content (AvgIpc) is 3.16. The first kappa shape index (κ1) is 24.8. The highest BCUT2D eigenvalue weighted by Crippen LogP contribution is 2.44. The highest BCUT2D eigenvalue weighted by molar-refractivity contribution is 5.81. The zero-order valence-electron chi connectivity index (χ0n) is 20.4. The molecular weight excluding hydrogens is 444 g/mol. The van der Waals surface area contributed by atoms with E-state index in [9.17, 15) is 19.5 Å². The van der Waals surface area contributed by atoms with E-state index < -0.39 is 18.0 Å². The summed E-state index contributed by atoms with van der Waals surface area (Å²) >= 11 is 0. The zero-order chi connectivity index (χ0) is 24.9. The third kappa shape index (κ3) is 5.50. The van der Waals surface area contributed by atoms with Gasteiger partial charge in [0.2, 0.25) is 5.91 Å². The standard InChI is InChI=1S/C28H34N2O5/c1-18(2)24(27(33)30-14-8-7-9-19(30)15-26(31)32)16-29-28(34)35-17-25-22-12-5-3-10-20(22)21-11-4-6-13-23(21)25/h3-6,10-13,18-19,24-25H,7-9,14-17H2,1-2H3,(H,29,34)(H,31,32)/t19-,24?/m1/s1. The molecule has 4 rings (SSSR count). The SMILES string of the molecule is CC(C)C(CNC(=O)OCC1c2ccccc2-c2ccccc21)C(=O)N1CCCC[C@@H]1CC(=O)O. The van der Waals surface area contributed by atoms with E-state index in [1.54, 1.807) is 4.90 Å². The van der Waals surface area contributed by atoms with Crippen LogP contribution in [0.1, 0.15) is 56.6 Å². The summed E-state index contributed by atoms with van der Waals surface area (Å²) in [5.74, 6) is -1.47. The Morgan fingerprint density at radius 2 is 1.66 bits per heavy atom. The van der Waals surface area contributed by atoms with E-state index in [0.717, 1.165) is 24.0 Å². The second-order valence-electron chi connectivity index (χ2n) is 9.84. The Balaban J connectivity index is 1.36. The monoisotopic (exact) mass is 478 g/mol. The number of amides is 2. The number of benzene rings is 2. The number of nitrogens with zero attached hydrogens (tertiary/aromatic N) is 1. The predicted octanol–water partition coefficient (Wildman–Crippen LogP) is 4.65. The molecule has 186 valence electrons. The number of likely N-dealkylation sites (tertiary alicyclic amines) is 1. The number of ether oxygens (including phenoxy) is 1. The number of hydrogen-bond acceptors (Lipinski definition) is 4. The minimum absolute atomic E-state index is 0.0104. The van der Waals surface area contributed by atoms with E-state index in [-0.39, 0.29) is 43.4 Å². The van der Waals surface area contributed by atoms with Crippen LogP contribution in [0.3, 0.4) is 0 Å². The third-order valence-electron chi connectivity index (χ3n) is 7.25. The van der Waals surface area contributed by atoms with Crippen LogP contribution in [-0.2, 0) is 14.3 Å². The number of alkyl carbamates (subject to hydrolysis) is 1. The first-order valence-corrected chi connectivity index (χ1v) is 12.5. The van der Waals surface area contributed by atoms with Gasteiger partial charge < -0.3 is 20.1 Å². The Morgan fingerprint density at radius 3 is 2.26 bits per heavy atom. The molecule has 2 aromatic rings. The van der Waals surface area contributed by atoms with Crippen molar-refractivity contribution in [3.05, 3.63) is 59.7 Å². The third-order valence-corrected chi connectivity index (χ3v) is 7.25. The molecule has 1 fully saturated rings. The van der Waals surface area contributed by atoms with Gasteiger partial charge in [-0.1, -0.05) is 62.4 Å². The molecule has 0 saturated carbocycles. The van der Waals surface area contributed by atoms with Gasteiger partial charge >= 0.3 is 12.1 Å². The Morgan fingerprint density at radius 1 is 1.03 bits per heavy atom. The fourth-order valence-electron chi connectivity index (χ4n) is 5.37. The summed E-state index contributed by atoms with van der Waals surface area (Å²) in [4.78, 5) is 38.9. The van der Waals surface area contributed by atoms with Crippen molar-refractivity contribution in [1.29, 1.82) is 0 Å². The topological polar surface area (TPSA) is 95.9 Å². The van der Waals surface area contributed by atoms with Crippen LogP contribution >= 0.6 is 0 Å². The maximum absolute atomic E-state index is 13.3. The maximum atomic E-state index is 13.3. The van der Waals surface area contributed by atoms with Gasteiger partial charge in [0, 0.05) is 25.0 Å². The fraction of sp³-hybridized carbons (Fsp3) is 0.464. The van der Waals surface area contributed by atoms with E-state index in [1.807, 2.05) is 38.1 Å². The molecule has 2 atom stereocenters. The van der Waals surface area contributed by atoms with Gasteiger partial charge in [0.05, 0.1) is 12.3 Å². The Labute approximate surface area is 206 Å². The van der Waals surface area contributed by atoms with E-state index >= 15 is 0 Å². The van der Waals surface area contributed by atoms with Gasteiger partial charge in [-0.25, -0.2) is 4.79 Å². The van der Waals surface area contributed by atoms with Crippen LogP contribution in [0.4, 0.5) is 4.79 Å². The van der Waals surface area contributed by atoms with Crippen molar-refractivity contribution in [1.82, 2.24) is 10.2 Å². The lowest BCUT2D eigenvalue weighted by atomic mass is 9.91. The summed E-state index contributed by atoms with van der Waals surface area (Å²) in [7, 11) is 0. The number of aliphatic carboxylic acids is 1. The van der Waals surface area contributed by atoms with Crippen LogP contribution < -0.4 is 5.32 Å². The Bertz CT molecular complexity index is 1040. The number of piperidine rings is 1. The quantitative estimate of drug-likeness (QED) is 0.576. The van der Waals surface area contributed by atoms with Crippen LogP contribution in [0, 0.1) is 11.8 Å². The van der Waals surface area contributed by atoms with E-state index in [2.05, 4.69) is 29.6 Å². The number of carboxylic acid groups (broad SMARTS) is 1. The summed E-state index contributed by atoms with van der Waals surface area (Å²) in [5, 5.41) is 12.0. The molecule has 1 aliphatic heterocycles. The zero-order valence-corrected chi connectivity index (χ0v) is 20.4.